The summed E-state index contributed by atoms with van der Waals surface area (Å²) < 4.78 is 10.7. The number of thiophene rings is 1. The van der Waals surface area contributed by atoms with Crippen molar-refractivity contribution in [2.75, 3.05) is 6.61 Å². The summed E-state index contributed by atoms with van der Waals surface area (Å²) in [7, 11) is 0. The molecule has 0 aliphatic heterocycles. The largest absolute Gasteiger partial charge is 0.482 e. The van der Waals surface area contributed by atoms with Crippen molar-refractivity contribution in [3.63, 3.8) is 0 Å². The maximum Gasteiger partial charge on any atom is 0.336 e. The van der Waals surface area contributed by atoms with Gasteiger partial charge in [-0.2, -0.15) is 0 Å². The summed E-state index contributed by atoms with van der Waals surface area (Å²) >= 11 is 7.79. The van der Waals surface area contributed by atoms with Gasteiger partial charge in [0.25, 0.3) is 5.91 Å². The molecule has 3 rings (SSSR count). The highest BCUT2D eigenvalue weighted by molar-refractivity contribution is 7.10. The topological polar surface area (TPSA) is 68.5 Å². The van der Waals surface area contributed by atoms with Crippen molar-refractivity contribution in [3.8, 4) is 5.75 Å². The van der Waals surface area contributed by atoms with Crippen LogP contribution in [-0.2, 0) is 4.79 Å². The second-order valence-electron chi connectivity index (χ2n) is 5.62. The normalized spacial score (nSPS) is 12.1. The Bertz CT molecular complexity index is 965. The fourth-order valence-electron chi connectivity index (χ4n) is 2.47. The molecule has 0 fully saturated rings. The second-order valence-corrected chi connectivity index (χ2v) is 7.01. The smallest absolute Gasteiger partial charge is 0.336 e. The molecule has 0 aliphatic rings. The molecule has 1 aromatic carbocycles. The first-order valence-electron chi connectivity index (χ1n) is 7.63. The zero-order valence-corrected chi connectivity index (χ0v) is 15.2. The first-order chi connectivity index (χ1) is 11.9. The Hall–Kier alpha value is -2.31. The second kappa shape index (κ2) is 7.29. The summed E-state index contributed by atoms with van der Waals surface area (Å²) in [6, 6.07) is 8.39. The SMILES string of the molecule is Cc1cc(=O)oc2cc(OCC(=O)N[C@@H](C)c3cccs3)c(Cl)cc12. The lowest BCUT2D eigenvalue weighted by Gasteiger charge is -2.13. The minimum Gasteiger partial charge on any atom is -0.482 e. The number of carbonyl (C=O) groups is 1. The summed E-state index contributed by atoms with van der Waals surface area (Å²) in [5.74, 6) is 0.0320. The van der Waals surface area contributed by atoms with Crippen LogP contribution < -0.4 is 15.7 Å². The summed E-state index contributed by atoms with van der Waals surface area (Å²) in [6.07, 6.45) is 0. The van der Waals surface area contributed by atoms with Gasteiger partial charge in [-0.05, 0) is 36.9 Å². The molecule has 0 spiro atoms. The van der Waals surface area contributed by atoms with Crippen molar-refractivity contribution >= 4 is 39.8 Å². The zero-order chi connectivity index (χ0) is 18.0. The van der Waals surface area contributed by atoms with Crippen LogP contribution in [0.25, 0.3) is 11.0 Å². The van der Waals surface area contributed by atoms with Gasteiger partial charge in [0.1, 0.15) is 11.3 Å². The van der Waals surface area contributed by atoms with Gasteiger partial charge >= 0.3 is 5.63 Å². The lowest BCUT2D eigenvalue weighted by molar-refractivity contribution is -0.123. The monoisotopic (exact) mass is 377 g/mol. The third-order valence-corrected chi connectivity index (χ3v) is 5.06. The molecule has 0 saturated heterocycles. The first kappa shape index (κ1) is 17.5. The molecule has 1 atom stereocenters. The molecular weight excluding hydrogens is 362 g/mol. The van der Waals surface area contributed by atoms with Crippen LogP contribution in [-0.4, -0.2) is 12.5 Å². The molecule has 0 saturated carbocycles. The number of benzene rings is 1. The van der Waals surface area contributed by atoms with Gasteiger partial charge in [-0.3, -0.25) is 4.79 Å². The van der Waals surface area contributed by atoms with Gasteiger partial charge in [-0.25, -0.2) is 4.79 Å². The number of carbonyl (C=O) groups excluding carboxylic acids is 1. The Morgan fingerprint density at radius 2 is 2.20 bits per heavy atom. The Balaban J connectivity index is 1.71. The number of fused-ring (bicyclic) bond motifs is 1. The van der Waals surface area contributed by atoms with Crippen LogP contribution in [0.1, 0.15) is 23.4 Å². The Morgan fingerprint density at radius 3 is 2.92 bits per heavy atom. The van der Waals surface area contributed by atoms with Crippen LogP contribution in [0.2, 0.25) is 5.02 Å². The highest BCUT2D eigenvalue weighted by Crippen LogP contribution is 2.31. The summed E-state index contributed by atoms with van der Waals surface area (Å²) in [5, 5.41) is 5.89. The van der Waals surface area contributed by atoms with E-state index in [1.165, 1.54) is 12.1 Å². The molecule has 0 radical (unpaired) electrons. The van der Waals surface area contributed by atoms with E-state index in [0.717, 1.165) is 15.8 Å². The summed E-state index contributed by atoms with van der Waals surface area (Å²) in [4.78, 5) is 24.6. The average molecular weight is 378 g/mol. The third-order valence-electron chi connectivity index (χ3n) is 3.71. The summed E-state index contributed by atoms with van der Waals surface area (Å²) in [6.45, 7) is 3.52. The molecule has 2 heterocycles. The van der Waals surface area contributed by atoms with E-state index in [-0.39, 0.29) is 18.6 Å². The molecule has 3 aromatic rings. The van der Waals surface area contributed by atoms with Crippen molar-refractivity contribution in [1.29, 1.82) is 0 Å². The number of amides is 1. The molecule has 0 unspecified atom stereocenters. The van der Waals surface area contributed by atoms with Gasteiger partial charge in [0.2, 0.25) is 0 Å². The maximum absolute atomic E-state index is 12.1. The zero-order valence-electron chi connectivity index (χ0n) is 13.7. The number of ether oxygens (including phenoxy) is 1. The maximum atomic E-state index is 12.1. The van der Waals surface area contributed by atoms with E-state index in [9.17, 15) is 9.59 Å². The van der Waals surface area contributed by atoms with E-state index in [1.807, 2.05) is 24.4 Å². The van der Waals surface area contributed by atoms with Crippen molar-refractivity contribution < 1.29 is 13.9 Å². The van der Waals surface area contributed by atoms with E-state index in [2.05, 4.69) is 5.32 Å². The van der Waals surface area contributed by atoms with Crippen LogP contribution >= 0.6 is 22.9 Å². The van der Waals surface area contributed by atoms with Gasteiger partial charge in [-0.1, -0.05) is 17.7 Å². The number of nitrogens with one attached hydrogen (secondary N) is 1. The van der Waals surface area contributed by atoms with Crippen LogP contribution in [0.3, 0.4) is 0 Å². The first-order valence-corrected chi connectivity index (χ1v) is 8.89. The number of hydrogen-bond acceptors (Lipinski definition) is 5. The van der Waals surface area contributed by atoms with Crippen molar-refractivity contribution in [2.45, 2.75) is 19.9 Å². The predicted molar refractivity (Wildman–Crippen MR) is 98.6 cm³/mol. The molecule has 2 aromatic heterocycles. The van der Waals surface area contributed by atoms with Crippen LogP contribution in [0, 0.1) is 6.92 Å². The number of hydrogen-bond donors (Lipinski definition) is 1. The lowest BCUT2D eigenvalue weighted by Crippen LogP contribution is -2.30. The highest BCUT2D eigenvalue weighted by Gasteiger charge is 2.13. The predicted octanol–water partition coefficient (Wildman–Crippen LogP) is 4.07. The van der Waals surface area contributed by atoms with E-state index >= 15 is 0 Å². The molecule has 0 bridgehead atoms. The Kier molecular flexibility index (Phi) is 5.11. The molecular formula is C18H16ClNO4S. The third kappa shape index (κ3) is 4.03. The number of halogens is 1. The average Bonchev–Trinajstić information content (AvgIpc) is 3.08. The van der Waals surface area contributed by atoms with Gasteiger partial charge in [0, 0.05) is 22.4 Å². The van der Waals surface area contributed by atoms with Crippen LogP contribution in [0.4, 0.5) is 0 Å². The molecule has 25 heavy (non-hydrogen) atoms. The van der Waals surface area contributed by atoms with Gasteiger partial charge in [-0.15, -0.1) is 11.3 Å². The van der Waals surface area contributed by atoms with Crippen LogP contribution in [0.5, 0.6) is 5.75 Å². The van der Waals surface area contributed by atoms with Gasteiger partial charge in [0.05, 0.1) is 11.1 Å². The van der Waals surface area contributed by atoms with Crippen molar-refractivity contribution in [1.82, 2.24) is 5.32 Å². The summed E-state index contributed by atoms with van der Waals surface area (Å²) in [5.41, 5.74) is 0.694. The Morgan fingerprint density at radius 1 is 1.40 bits per heavy atom. The molecule has 7 heteroatoms. The minimum atomic E-state index is -0.444. The van der Waals surface area contributed by atoms with Gasteiger partial charge in [0.15, 0.2) is 6.61 Å². The standard InChI is InChI=1S/C18H16ClNO4S/c1-10-6-18(22)24-14-8-15(13(19)7-12(10)14)23-9-17(21)20-11(2)16-4-3-5-25-16/h3-8,11H,9H2,1-2H3,(H,20,21)/t11-/m0/s1. The number of aryl methyl sites for hydroxylation is 1. The minimum absolute atomic E-state index is 0.0937. The number of rotatable bonds is 5. The quantitative estimate of drug-likeness (QED) is 0.680. The van der Waals surface area contributed by atoms with E-state index < -0.39 is 5.63 Å². The van der Waals surface area contributed by atoms with E-state index in [4.69, 9.17) is 20.8 Å². The van der Waals surface area contributed by atoms with Crippen LogP contribution in [0.15, 0.2) is 44.9 Å². The van der Waals surface area contributed by atoms with E-state index in [0.29, 0.717) is 16.4 Å². The fraction of sp³-hybridized carbons (Fsp3) is 0.222. The fourth-order valence-corrected chi connectivity index (χ4v) is 3.42. The van der Waals surface area contributed by atoms with Crippen molar-refractivity contribution in [3.05, 3.63) is 61.6 Å². The highest BCUT2D eigenvalue weighted by atomic mass is 35.5. The molecule has 1 N–H and O–H groups in total. The van der Waals surface area contributed by atoms with Gasteiger partial charge < -0.3 is 14.5 Å². The van der Waals surface area contributed by atoms with Crippen molar-refractivity contribution in [2.24, 2.45) is 0 Å². The molecule has 130 valence electrons. The van der Waals surface area contributed by atoms with E-state index in [1.54, 1.807) is 24.3 Å². The molecule has 1 amide bonds. The molecule has 5 nitrogen and oxygen atoms in total. The molecule has 0 aliphatic carbocycles. The lowest BCUT2D eigenvalue weighted by atomic mass is 10.1. The Labute approximate surface area is 153 Å².